The minimum Gasteiger partial charge on any atom is -0.459 e. The van der Waals surface area contributed by atoms with E-state index >= 15 is 0 Å². The van der Waals surface area contributed by atoms with Gasteiger partial charge in [0.05, 0.1) is 6.26 Å². The molecule has 1 fully saturated rings. The van der Waals surface area contributed by atoms with Crippen LogP contribution < -0.4 is 10.6 Å². The molecule has 0 aliphatic carbocycles. The molecule has 2 aromatic rings. The van der Waals surface area contributed by atoms with Crippen LogP contribution in [0.1, 0.15) is 48.3 Å². The molecule has 0 bridgehead atoms. The quantitative estimate of drug-likeness (QED) is 0.638. The van der Waals surface area contributed by atoms with Gasteiger partial charge in [-0.2, -0.15) is 11.8 Å². The average molecular weight is 430 g/mol. The first kappa shape index (κ1) is 22.4. The fourth-order valence-corrected chi connectivity index (χ4v) is 4.29. The molecular formula is C23H31N3O3S. The Balaban J connectivity index is 1.51. The summed E-state index contributed by atoms with van der Waals surface area (Å²) < 4.78 is 5.15. The number of hydrogen-bond acceptors (Lipinski definition) is 5. The molecule has 2 atom stereocenters. The Morgan fingerprint density at radius 1 is 1.17 bits per heavy atom. The summed E-state index contributed by atoms with van der Waals surface area (Å²) in [5.74, 6) is 0.551. The van der Waals surface area contributed by atoms with E-state index in [2.05, 4.69) is 46.7 Å². The van der Waals surface area contributed by atoms with Gasteiger partial charge in [0.1, 0.15) is 6.04 Å². The molecule has 0 saturated carbocycles. The van der Waals surface area contributed by atoms with Gasteiger partial charge < -0.3 is 15.1 Å². The number of hydrogen-bond donors (Lipinski definition) is 2. The molecule has 1 aromatic heterocycles. The Bertz CT molecular complexity index is 789. The zero-order valence-corrected chi connectivity index (χ0v) is 18.5. The molecule has 0 spiro atoms. The summed E-state index contributed by atoms with van der Waals surface area (Å²) in [6.45, 7) is 4.11. The van der Waals surface area contributed by atoms with Gasteiger partial charge in [0.2, 0.25) is 5.91 Å². The number of benzene rings is 1. The van der Waals surface area contributed by atoms with Gasteiger partial charge in [-0.15, -0.1) is 0 Å². The fourth-order valence-electron chi connectivity index (χ4n) is 3.82. The van der Waals surface area contributed by atoms with Crippen molar-refractivity contribution in [2.45, 2.75) is 44.3 Å². The highest BCUT2D eigenvalue weighted by Crippen LogP contribution is 2.24. The molecule has 162 valence electrons. The van der Waals surface area contributed by atoms with Gasteiger partial charge in [-0.1, -0.05) is 30.3 Å². The Kier molecular flexibility index (Phi) is 8.39. The van der Waals surface area contributed by atoms with Gasteiger partial charge in [0, 0.05) is 25.2 Å². The number of thioether (sulfide) groups is 1. The molecule has 1 aliphatic heterocycles. The number of furan rings is 1. The summed E-state index contributed by atoms with van der Waals surface area (Å²) in [6.07, 6.45) is 5.85. The van der Waals surface area contributed by atoms with Crippen LogP contribution in [0.5, 0.6) is 0 Å². The molecule has 7 heteroatoms. The van der Waals surface area contributed by atoms with Gasteiger partial charge in [-0.25, -0.2) is 0 Å². The Morgan fingerprint density at radius 2 is 1.90 bits per heavy atom. The molecule has 1 aliphatic rings. The SMILES string of the molecule is CSCCC(NC(=O)c1ccco1)C(=O)NC1CCN(C(C)c2ccccc2)CC1. The second-order valence-corrected chi connectivity index (χ2v) is 8.68. The first-order valence-corrected chi connectivity index (χ1v) is 11.9. The predicted molar refractivity (Wildman–Crippen MR) is 121 cm³/mol. The highest BCUT2D eigenvalue weighted by atomic mass is 32.2. The van der Waals surface area contributed by atoms with E-state index < -0.39 is 6.04 Å². The summed E-state index contributed by atoms with van der Waals surface area (Å²) in [5.41, 5.74) is 1.32. The number of piperidine rings is 1. The molecule has 6 nitrogen and oxygen atoms in total. The van der Waals surface area contributed by atoms with Crippen molar-refractivity contribution >= 4 is 23.6 Å². The highest BCUT2D eigenvalue weighted by Gasteiger charge is 2.28. The summed E-state index contributed by atoms with van der Waals surface area (Å²) in [6, 6.07) is 13.7. The fraction of sp³-hybridized carbons (Fsp3) is 0.478. The van der Waals surface area contributed by atoms with Crippen LogP contribution in [0.2, 0.25) is 0 Å². The van der Waals surface area contributed by atoms with E-state index in [0.717, 1.165) is 31.7 Å². The normalized spacial score (nSPS) is 17.3. The molecule has 2 unspecified atom stereocenters. The summed E-state index contributed by atoms with van der Waals surface area (Å²) in [7, 11) is 0. The zero-order chi connectivity index (χ0) is 21.3. The van der Waals surface area contributed by atoms with Crippen LogP contribution in [0.25, 0.3) is 0 Å². The lowest BCUT2D eigenvalue weighted by molar-refractivity contribution is -0.124. The third-order valence-electron chi connectivity index (χ3n) is 5.68. The van der Waals surface area contributed by atoms with Gasteiger partial charge in [-0.05, 0) is 55.9 Å². The second-order valence-electron chi connectivity index (χ2n) is 7.69. The van der Waals surface area contributed by atoms with Crippen LogP contribution >= 0.6 is 11.8 Å². The van der Waals surface area contributed by atoms with E-state index in [9.17, 15) is 9.59 Å². The Labute approximate surface area is 182 Å². The van der Waals surface area contributed by atoms with E-state index in [1.807, 2.05) is 12.3 Å². The van der Waals surface area contributed by atoms with E-state index in [1.165, 1.54) is 11.8 Å². The van der Waals surface area contributed by atoms with Crippen LogP contribution in [0.3, 0.4) is 0 Å². The zero-order valence-electron chi connectivity index (χ0n) is 17.7. The number of carbonyl (C=O) groups excluding carboxylic acids is 2. The van der Waals surface area contributed by atoms with Crippen molar-refractivity contribution in [1.82, 2.24) is 15.5 Å². The van der Waals surface area contributed by atoms with Gasteiger partial charge in [0.15, 0.2) is 5.76 Å². The molecule has 1 saturated heterocycles. The molecule has 30 heavy (non-hydrogen) atoms. The lowest BCUT2D eigenvalue weighted by Crippen LogP contribution is -2.52. The maximum atomic E-state index is 12.9. The monoisotopic (exact) mass is 429 g/mol. The van der Waals surface area contributed by atoms with E-state index in [0.29, 0.717) is 12.5 Å². The maximum Gasteiger partial charge on any atom is 0.287 e. The van der Waals surface area contributed by atoms with Crippen molar-refractivity contribution in [2.24, 2.45) is 0 Å². The largest absolute Gasteiger partial charge is 0.459 e. The Morgan fingerprint density at radius 3 is 2.53 bits per heavy atom. The van der Waals surface area contributed by atoms with E-state index in [-0.39, 0.29) is 23.6 Å². The van der Waals surface area contributed by atoms with Crippen LogP contribution in [-0.4, -0.2) is 53.9 Å². The third-order valence-corrected chi connectivity index (χ3v) is 6.33. The maximum absolute atomic E-state index is 12.9. The summed E-state index contributed by atoms with van der Waals surface area (Å²) in [4.78, 5) is 27.7. The molecule has 3 rings (SSSR count). The van der Waals surface area contributed by atoms with Crippen molar-refractivity contribution in [1.29, 1.82) is 0 Å². The minimum atomic E-state index is -0.559. The van der Waals surface area contributed by atoms with Crippen LogP contribution in [0.15, 0.2) is 53.1 Å². The predicted octanol–water partition coefficient (Wildman–Crippen LogP) is 3.47. The first-order valence-electron chi connectivity index (χ1n) is 10.5. The van der Waals surface area contributed by atoms with Crippen molar-refractivity contribution in [3.8, 4) is 0 Å². The first-order chi connectivity index (χ1) is 14.6. The lowest BCUT2D eigenvalue weighted by atomic mass is 9.99. The summed E-state index contributed by atoms with van der Waals surface area (Å²) in [5, 5.41) is 5.98. The van der Waals surface area contributed by atoms with Crippen molar-refractivity contribution in [2.75, 3.05) is 25.1 Å². The van der Waals surface area contributed by atoms with Gasteiger partial charge in [0.25, 0.3) is 5.91 Å². The minimum absolute atomic E-state index is 0.112. The van der Waals surface area contributed by atoms with Crippen molar-refractivity contribution < 1.29 is 14.0 Å². The van der Waals surface area contributed by atoms with Crippen molar-refractivity contribution in [3.63, 3.8) is 0 Å². The standard InChI is InChI=1S/C23H31N3O3S/c1-17(18-7-4-3-5-8-18)26-13-10-19(11-14-26)24-22(27)20(12-16-30-2)25-23(28)21-9-6-15-29-21/h3-9,15,17,19-20H,10-14,16H2,1-2H3,(H,24,27)(H,25,28). The van der Waals surface area contributed by atoms with Crippen molar-refractivity contribution in [3.05, 3.63) is 60.1 Å². The third kappa shape index (κ3) is 6.12. The number of nitrogens with zero attached hydrogens (tertiary/aromatic N) is 1. The highest BCUT2D eigenvalue weighted by molar-refractivity contribution is 7.98. The molecular weight excluding hydrogens is 398 g/mol. The number of rotatable bonds is 9. The Hall–Kier alpha value is -2.25. The molecule has 0 radical (unpaired) electrons. The molecule has 2 N–H and O–H groups in total. The van der Waals surface area contributed by atoms with E-state index in [4.69, 9.17) is 4.42 Å². The van der Waals surface area contributed by atoms with Crippen LogP contribution in [-0.2, 0) is 4.79 Å². The lowest BCUT2D eigenvalue weighted by Gasteiger charge is -2.37. The number of amides is 2. The second kappa shape index (κ2) is 11.2. The summed E-state index contributed by atoms with van der Waals surface area (Å²) >= 11 is 1.66. The van der Waals surface area contributed by atoms with Gasteiger partial charge >= 0.3 is 0 Å². The number of likely N-dealkylation sites (tertiary alicyclic amines) is 1. The number of nitrogens with one attached hydrogen (secondary N) is 2. The average Bonchev–Trinajstić information content (AvgIpc) is 3.32. The van der Waals surface area contributed by atoms with Crippen LogP contribution in [0.4, 0.5) is 0 Å². The molecule has 2 heterocycles. The van der Waals surface area contributed by atoms with Crippen LogP contribution in [0, 0.1) is 0 Å². The molecule has 2 amide bonds. The number of carbonyl (C=O) groups is 2. The molecule has 1 aromatic carbocycles. The topological polar surface area (TPSA) is 74.6 Å². The van der Waals surface area contributed by atoms with E-state index in [1.54, 1.807) is 23.9 Å². The van der Waals surface area contributed by atoms with Gasteiger partial charge in [-0.3, -0.25) is 14.5 Å². The smallest absolute Gasteiger partial charge is 0.287 e.